The van der Waals surface area contributed by atoms with Gasteiger partial charge in [0.15, 0.2) is 0 Å². The maximum Gasteiger partial charge on any atom is 0.130 e. The normalized spacial score (nSPS) is 14.5. The highest BCUT2D eigenvalue weighted by Gasteiger charge is 2.16. The molecule has 4 heteroatoms. The van der Waals surface area contributed by atoms with Crippen molar-refractivity contribution in [3.63, 3.8) is 0 Å². The van der Waals surface area contributed by atoms with Crippen LogP contribution in [0.3, 0.4) is 0 Å². The second-order valence-corrected chi connectivity index (χ2v) is 4.78. The minimum absolute atomic E-state index is 0.242. The first kappa shape index (κ1) is 11.3. The molecule has 2 aromatic rings. The van der Waals surface area contributed by atoms with E-state index in [1.54, 1.807) is 12.1 Å². The largest absolute Gasteiger partial charge is 0.398 e. The van der Waals surface area contributed by atoms with Crippen LogP contribution >= 0.6 is 0 Å². The molecular weight excluding hydrogens is 229 g/mol. The summed E-state index contributed by atoms with van der Waals surface area (Å²) in [7, 11) is 0. The molecule has 0 fully saturated rings. The van der Waals surface area contributed by atoms with Crippen LogP contribution in [-0.2, 0) is 19.4 Å². The smallest absolute Gasteiger partial charge is 0.130 e. The number of aryl methyl sites for hydroxylation is 1. The van der Waals surface area contributed by atoms with E-state index in [1.165, 1.54) is 24.6 Å². The molecule has 1 aromatic carbocycles. The molecule has 0 amide bonds. The van der Waals surface area contributed by atoms with Gasteiger partial charge in [-0.1, -0.05) is 6.07 Å². The predicted octanol–water partition coefficient (Wildman–Crippen LogP) is 2.53. The van der Waals surface area contributed by atoms with Crippen molar-refractivity contribution in [2.45, 2.75) is 32.2 Å². The van der Waals surface area contributed by atoms with Gasteiger partial charge in [0.25, 0.3) is 0 Å². The number of rotatable bonds is 2. The van der Waals surface area contributed by atoms with Crippen LogP contribution < -0.4 is 5.73 Å². The minimum Gasteiger partial charge on any atom is -0.398 e. The van der Waals surface area contributed by atoms with Crippen molar-refractivity contribution in [1.82, 2.24) is 9.55 Å². The van der Waals surface area contributed by atoms with E-state index in [0.29, 0.717) is 17.8 Å². The molecule has 1 aliphatic carbocycles. The molecule has 3 rings (SSSR count). The molecule has 0 atom stereocenters. The highest BCUT2D eigenvalue weighted by molar-refractivity contribution is 5.47. The second-order valence-electron chi connectivity index (χ2n) is 4.78. The average Bonchev–Trinajstić information content (AvgIpc) is 2.77. The van der Waals surface area contributed by atoms with Crippen molar-refractivity contribution >= 4 is 5.69 Å². The number of nitrogen functional groups attached to an aromatic ring is 1. The van der Waals surface area contributed by atoms with Gasteiger partial charge in [-0.15, -0.1) is 0 Å². The Balaban J connectivity index is 1.95. The summed E-state index contributed by atoms with van der Waals surface area (Å²) in [5, 5.41) is 0. The quantitative estimate of drug-likeness (QED) is 0.826. The molecular formula is C14H16FN3. The number of hydrogen-bond acceptors (Lipinski definition) is 2. The lowest BCUT2D eigenvalue weighted by atomic mass is 10.0. The molecule has 1 aromatic heterocycles. The van der Waals surface area contributed by atoms with Gasteiger partial charge in [-0.2, -0.15) is 0 Å². The highest BCUT2D eigenvalue weighted by Crippen LogP contribution is 2.23. The zero-order chi connectivity index (χ0) is 12.5. The van der Waals surface area contributed by atoms with Crippen LogP contribution in [0, 0.1) is 5.82 Å². The summed E-state index contributed by atoms with van der Waals surface area (Å²) in [6, 6.07) is 4.83. The molecule has 3 nitrogen and oxygen atoms in total. The average molecular weight is 245 g/mol. The molecule has 0 bridgehead atoms. The number of nitrogens with zero attached hydrogens (tertiary/aromatic N) is 2. The maximum atomic E-state index is 13.8. The zero-order valence-electron chi connectivity index (χ0n) is 10.2. The van der Waals surface area contributed by atoms with E-state index >= 15 is 0 Å². The molecule has 0 spiro atoms. The Morgan fingerprint density at radius 1 is 1.28 bits per heavy atom. The number of anilines is 1. The van der Waals surface area contributed by atoms with Gasteiger partial charge in [-0.05, 0) is 37.8 Å². The monoisotopic (exact) mass is 245 g/mol. The number of benzene rings is 1. The van der Waals surface area contributed by atoms with E-state index < -0.39 is 0 Å². The molecule has 1 aliphatic rings. The van der Waals surface area contributed by atoms with Gasteiger partial charge >= 0.3 is 0 Å². The Morgan fingerprint density at radius 3 is 2.94 bits per heavy atom. The van der Waals surface area contributed by atoms with Crippen LogP contribution in [-0.4, -0.2) is 9.55 Å². The first-order chi connectivity index (χ1) is 8.75. The van der Waals surface area contributed by atoms with Crippen molar-refractivity contribution in [3.8, 4) is 0 Å². The number of imidazole rings is 1. The summed E-state index contributed by atoms with van der Waals surface area (Å²) in [6.45, 7) is 0.473. The molecule has 0 saturated carbocycles. The molecule has 0 radical (unpaired) electrons. The number of fused-ring (bicyclic) bond motifs is 1. The Kier molecular flexibility index (Phi) is 2.78. The summed E-state index contributed by atoms with van der Waals surface area (Å²) in [5.41, 5.74) is 9.31. The lowest BCUT2D eigenvalue weighted by molar-refractivity contribution is 0.587. The van der Waals surface area contributed by atoms with Crippen LogP contribution in [0.25, 0.3) is 0 Å². The second kappa shape index (κ2) is 4.44. The van der Waals surface area contributed by atoms with Crippen LogP contribution in [0.5, 0.6) is 0 Å². The lowest BCUT2D eigenvalue weighted by Crippen LogP contribution is -2.11. The predicted molar refractivity (Wildman–Crippen MR) is 68.8 cm³/mol. The zero-order valence-corrected chi connectivity index (χ0v) is 10.2. The lowest BCUT2D eigenvalue weighted by Gasteiger charge is -2.15. The molecule has 2 N–H and O–H groups in total. The van der Waals surface area contributed by atoms with Crippen molar-refractivity contribution in [2.75, 3.05) is 5.73 Å². The van der Waals surface area contributed by atoms with Gasteiger partial charge < -0.3 is 10.3 Å². The third kappa shape index (κ3) is 1.88. The molecule has 0 unspecified atom stereocenters. The summed E-state index contributed by atoms with van der Waals surface area (Å²) in [6.07, 6.45) is 6.26. The first-order valence-corrected chi connectivity index (χ1v) is 6.31. The highest BCUT2D eigenvalue weighted by atomic mass is 19.1. The third-order valence-electron chi connectivity index (χ3n) is 3.59. The topological polar surface area (TPSA) is 43.8 Å². The Morgan fingerprint density at radius 2 is 2.11 bits per heavy atom. The minimum atomic E-state index is -0.242. The molecule has 18 heavy (non-hydrogen) atoms. The van der Waals surface area contributed by atoms with Crippen LogP contribution in [0.1, 0.15) is 29.8 Å². The fraction of sp³-hybridized carbons (Fsp3) is 0.357. The standard InChI is InChI=1S/C14H16FN3/c15-11-4-3-5-12(16)10(11)8-18-9-17-13-6-1-2-7-14(13)18/h3-5,9H,1-2,6-8,16H2. The van der Waals surface area contributed by atoms with E-state index in [1.807, 2.05) is 10.9 Å². The summed E-state index contributed by atoms with van der Waals surface area (Å²) in [5.74, 6) is -0.242. The van der Waals surface area contributed by atoms with Crippen molar-refractivity contribution in [3.05, 3.63) is 47.3 Å². The van der Waals surface area contributed by atoms with E-state index in [-0.39, 0.29) is 5.82 Å². The van der Waals surface area contributed by atoms with E-state index in [2.05, 4.69) is 4.98 Å². The molecule has 1 heterocycles. The van der Waals surface area contributed by atoms with Crippen LogP contribution in [0.2, 0.25) is 0 Å². The van der Waals surface area contributed by atoms with E-state index in [0.717, 1.165) is 18.5 Å². The summed E-state index contributed by atoms with van der Waals surface area (Å²) < 4.78 is 15.8. The Bertz CT molecular complexity index is 554. The van der Waals surface area contributed by atoms with Gasteiger partial charge in [-0.25, -0.2) is 9.37 Å². The summed E-state index contributed by atoms with van der Waals surface area (Å²) >= 11 is 0. The number of nitrogens with two attached hydrogens (primary N) is 1. The molecule has 0 saturated heterocycles. The van der Waals surface area contributed by atoms with E-state index in [4.69, 9.17) is 5.73 Å². The van der Waals surface area contributed by atoms with Crippen molar-refractivity contribution in [1.29, 1.82) is 0 Å². The fourth-order valence-electron chi connectivity index (χ4n) is 2.58. The number of hydrogen-bond donors (Lipinski definition) is 1. The van der Waals surface area contributed by atoms with Crippen molar-refractivity contribution in [2.24, 2.45) is 0 Å². The third-order valence-corrected chi connectivity index (χ3v) is 3.59. The molecule has 0 aliphatic heterocycles. The Labute approximate surface area is 105 Å². The van der Waals surface area contributed by atoms with Crippen LogP contribution in [0.15, 0.2) is 24.5 Å². The first-order valence-electron chi connectivity index (χ1n) is 6.31. The van der Waals surface area contributed by atoms with Gasteiger partial charge in [0.2, 0.25) is 0 Å². The number of halogens is 1. The fourth-order valence-corrected chi connectivity index (χ4v) is 2.58. The van der Waals surface area contributed by atoms with Gasteiger partial charge in [0, 0.05) is 16.9 Å². The maximum absolute atomic E-state index is 13.8. The van der Waals surface area contributed by atoms with E-state index in [9.17, 15) is 4.39 Å². The van der Waals surface area contributed by atoms with Gasteiger partial charge in [-0.3, -0.25) is 0 Å². The summed E-state index contributed by atoms with van der Waals surface area (Å²) in [4.78, 5) is 4.41. The SMILES string of the molecule is Nc1cccc(F)c1Cn1cnc2c1CCCC2. The van der Waals surface area contributed by atoms with Gasteiger partial charge in [0.1, 0.15) is 5.82 Å². The Hall–Kier alpha value is -1.84. The molecule has 94 valence electrons. The van der Waals surface area contributed by atoms with Gasteiger partial charge in [0.05, 0.1) is 18.6 Å². The number of aromatic nitrogens is 2. The van der Waals surface area contributed by atoms with Crippen molar-refractivity contribution < 1.29 is 4.39 Å². The van der Waals surface area contributed by atoms with Crippen LogP contribution in [0.4, 0.5) is 10.1 Å².